The van der Waals surface area contributed by atoms with Crippen LogP contribution < -0.4 is 9.75 Å². The number of amides is 1. The van der Waals surface area contributed by atoms with E-state index in [0.717, 1.165) is 21.0 Å². The van der Waals surface area contributed by atoms with Crippen molar-refractivity contribution in [3.8, 4) is 5.75 Å². The lowest BCUT2D eigenvalue weighted by Gasteiger charge is -2.11. The topological polar surface area (TPSA) is 97.9 Å². The molecule has 2 aromatic heterocycles. The van der Waals surface area contributed by atoms with E-state index in [4.69, 9.17) is 16.3 Å². The summed E-state index contributed by atoms with van der Waals surface area (Å²) in [7, 11) is 1.57. The van der Waals surface area contributed by atoms with Gasteiger partial charge in [-0.15, -0.1) is 0 Å². The molecule has 0 radical (unpaired) electrons. The van der Waals surface area contributed by atoms with Crippen LogP contribution in [0.25, 0.3) is 16.3 Å². The minimum absolute atomic E-state index is 0.0139. The molecule has 1 amide bonds. The number of rotatable bonds is 7. The Balaban J connectivity index is 1.69. The number of hydrogen-bond acceptors (Lipinski definition) is 8. The molecule has 0 aliphatic rings. The van der Waals surface area contributed by atoms with Crippen LogP contribution in [-0.4, -0.2) is 29.1 Å². The van der Waals surface area contributed by atoms with Gasteiger partial charge in [0.25, 0.3) is 5.91 Å². The van der Waals surface area contributed by atoms with Crippen LogP contribution in [-0.2, 0) is 4.79 Å². The summed E-state index contributed by atoms with van der Waals surface area (Å²) in [6, 6.07) is 15.5. The largest absolute Gasteiger partial charge is 0.497 e. The van der Waals surface area contributed by atoms with Gasteiger partial charge < -0.3 is 4.74 Å². The molecule has 4 rings (SSSR count). The number of carbonyl (C=O) groups is 1. The van der Waals surface area contributed by atoms with Crippen LogP contribution in [0.2, 0.25) is 5.02 Å². The molecule has 2 aromatic carbocycles. The molecule has 0 bridgehead atoms. The molecule has 11 heteroatoms. The van der Waals surface area contributed by atoms with Crippen molar-refractivity contribution in [1.82, 2.24) is 4.98 Å². The fourth-order valence-electron chi connectivity index (χ4n) is 2.78. The first-order valence-corrected chi connectivity index (χ1v) is 11.4. The number of fused-ring (bicyclic) bond motifs is 1. The number of nitro groups is 1. The number of ether oxygens (including phenoxy) is 1. The molecular weight excluding hydrogens is 484 g/mol. The van der Waals surface area contributed by atoms with Crippen LogP contribution in [0, 0.1) is 10.1 Å². The highest BCUT2D eigenvalue weighted by atomic mass is 35.5. The minimum Gasteiger partial charge on any atom is -0.497 e. The summed E-state index contributed by atoms with van der Waals surface area (Å²) in [4.78, 5) is 28.6. The maximum absolute atomic E-state index is 13.1. The summed E-state index contributed by atoms with van der Waals surface area (Å²) < 4.78 is 6.08. The summed E-state index contributed by atoms with van der Waals surface area (Å²) in [6.07, 6.45) is 4.34. The third-order valence-corrected chi connectivity index (χ3v) is 6.69. The molecule has 0 saturated carbocycles. The number of thiazole rings is 1. The first kappa shape index (κ1) is 22.6. The van der Waals surface area contributed by atoms with Crippen LogP contribution in [0.5, 0.6) is 5.75 Å². The predicted molar refractivity (Wildman–Crippen MR) is 133 cm³/mol. The molecule has 0 fully saturated rings. The van der Waals surface area contributed by atoms with E-state index in [1.165, 1.54) is 29.7 Å². The molecule has 166 valence electrons. The fourth-order valence-corrected chi connectivity index (χ4v) is 4.62. The van der Waals surface area contributed by atoms with Crippen molar-refractivity contribution in [2.75, 3.05) is 12.1 Å². The van der Waals surface area contributed by atoms with Crippen LogP contribution in [0.4, 0.5) is 10.1 Å². The Bertz CT molecular complexity index is 1400. The normalized spacial score (nSPS) is 11.5. The monoisotopic (exact) mass is 498 g/mol. The lowest BCUT2D eigenvalue weighted by molar-refractivity contribution is -0.380. The van der Waals surface area contributed by atoms with E-state index in [9.17, 15) is 14.9 Å². The number of hydrazone groups is 1. The van der Waals surface area contributed by atoms with Gasteiger partial charge >= 0.3 is 5.00 Å². The zero-order valence-corrected chi connectivity index (χ0v) is 19.4. The van der Waals surface area contributed by atoms with E-state index < -0.39 is 10.8 Å². The van der Waals surface area contributed by atoms with Crippen molar-refractivity contribution in [1.29, 1.82) is 0 Å². The molecule has 0 N–H and O–H groups in total. The van der Waals surface area contributed by atoms with E-state index in [2.05, 4.69) is 10.1 Å². The number of carbonyl (C=O) groups excluding carboxylic acids is 1. The van der Waals surface area contributed by atoms with Gasteiger partial charge in [0.1, 0.15) is 5.75 Å². The molecule has 8 nitrogen and oxygen atoms in total. The highest BCUT2D eigenvalue weighted by Crippen LogP contribution is 2.32. The van der Waals surface area contributed by atoms with Crippen LogP contribution in [0.1, 0.15) is 10.4 Å². The van der Waals surface area contributed by atoms with Crippen molar-refractivity contribution >= 4 is 72.8 Å². The molecule has 0 spiro atoms. The number of benzene rings is 2. The number of halogens is 1. The van der Waals surface area contributed by atoms with Crippen molar-refractivity contribution in [2.24, 2.45) is 5.10 Å². The van der Waals surface area contributed by atoms with E-state index in [1.54, 1.807) is 49.6 Å². The SMILES string of the molecule is COc1ccc2nc(N(/N=C/c3ccc([N+](=O)[O-])s3)C(=O)/C=C/c3ccccc3Cl)sc2c1. The van der Waals surface area contributed by atoms with Crippen molar-refractivity contribution in [3.05, 3.63) is 86.3 Å². The summed E-state index contributed by atoms with van der Waals surface area (Å²) in [5.41, 5.74) is 1.37. The van der Waals surface area contributed by atoms with Crippen LogP contribution in [0.3, 0.4) is 0 Å². The van der Waals surface area contributed by atoms with Crippen LogP contribution in [0.15, 0.2) is 65.8 Å². The maximum Gasteiger partial charge on any atom is 0.324 e. The van der Waals surface area contributed by atoms with Gasteiger partial charge in [0, 0.05) is 17.2 Å². The van der Waals surface area contributed by atoms with Gasteiger partial charge in [-0.05, 0) is 42.0 Å². The summed E-state index contributed by atoms with van der Waals surface area (Å²) in [5.74, 6) is 0.215. The standard InChI is InChI=1S/C22H15ClN4O4S2/c1-31-15-7-9-18-19(12-15)33-22(25-18)26(24-13-16-8-11-21(32-16)27(29)30)20(28)10-6-14-4-2-3-5-17(14)23/h2-13H,1H3/b10-6+,24-13+. The van der Waals surface area contributed by atoms with Gasteiger partial charge in [-0.1, -0.05) is 52.5 Å². The quantitative estimate of drug-likeness (QED) is 0.134. The molecule has 0 atom stereocenters. The Morgan fingerprint density at radius 3 is 2.76 bits per heavy atom. The third-order valence-electron chi connectivity index (χ3n) is 4.38. The smallest absolute Gasteiger partial charge is 0.324 e. The Hall–Kier alpha value is -3.60. The average Bonchev–Trinajstić information content (AvgIpc) is 3.45. The highest BCUT2D eigenvalue weighted by Gasteiger charge is 2.18. The van der Waals surface area contributed by atoms with Gasteiger partial charge in [0.15, 0.2) is 0 Å². The second-order valence-corrected chi connectivity index (χ2v) is 9.02. The van der Waals surface area contributed by atoms with Gasteiger partial charge in [0.2, 0.25) is 5.13 Å². The molecule has 33 heavy (non-hydrogen) atoms. The Kier molecular flexibility index (Phi) is 6.78. The molecule has 0 unspecified atom stereocenters. The van der Waals surface area contributed by atoms with Gasteiger partial charge in [-0.3, -0.25) is 14.9 Å². The summed E-state index contributed by atoms with van der Waals surface area (Å²) in [6.45, 7) is 0. The van der Waals surface area contributed by atoms with E-state index in [0.29, 0.717) is 31.9 Å². The molecular formula is C22H15ClN4O4S2. The zero-order valence-electron chi connectivity index (χ0n) is 17.0. The van der Waals surface area contributed by atoms with Gasteiger partial charge in [0.05, 0.1) is 33.3 Å². The fraction of sp³-hybridized carbons (Fsp3) is 0.0455. The number of aromatic nitrogens is 1. The average molecular weight is 499 g/mol. The number of thiophene rings is 1. The van der Waals surface area contributed by atoms with Crippen molar-refractivity contribution in [3.63, 3.8) is 0 Å². The number of nitrogens with zero attached hydrogens (tertiary/aromatic N) is 4. The second-order valence-electron chi connectivity index (χ2n) is 6.51. The van der Waals surface area contributed by atoms with E-state index in [-0.39, 0.29) is 5.00 Å². The van der Waals surface area contributed by atoms with Crippen LogP contribution >= 0.6 is 34.3 Å². The maximum atomic E-state index is 13.1. The molecule has 0 saturated heterocycles. The molecule has 0 aliphatic heterocycles. The zero-order chi connectivity index (χ0) is 23.4. The molecule has 2 heterocycles. The molecule has 0 aliphatic carbocycles. The van der Waals surface area contributed by atoms with Crippen molar-refractivity contribution in [2.45, 2.75) is 0 Å². The van der Waals surface area contributed by atoms with Crippen molar-refractivity contribution < 1.29 is 14.5 Å². The Labute approximate surface area is 201 Å². The van der Waals surface area contributed by atoms with E-state index >= 15 is 0 Å². The molecule has 4 aromatic rings. The number of anilines is 1. The van der Waals surface area contributed by atoms with Gasteiger partial charge in [-0.25, -0.2) is 4.98 Å². The predicted octanol–water partition coefficient (Wildman–Crippen LogP) is 6.01. The van der Waals surface area contributed by atoms with E-state index in [1.807, 2.05) is 12.1 Å². The Morgan fingerprint density at radius 1 is 1.21 bits per heavy atom. The minimum atomic E-state index is -0.474. The summed E-state index contributed by atoms with van der Waals surface area (Å²) in [5, 5.41) is 17.2. The number of methoxy groups -OCH3 is 1. The first-order valence-electron chi connectivity index (χ1n) is 9.44. The lowest BCUT2D eigenvalue weighted by Crippen LogP contribution is -2.23. The van der Waals surface area contributed by atoms with Gasteiger partial charge in [-0.2, -0.15) is 10.1 Å². The number of hydrogen-bond donors (Lipinski definition) is 0. The summed E-state index contributed by atoms with van der Waals surface area (Å²) >= 11 is 8.40. The third kappa shape index (κ3) is 5.25. The first-order chi connectivity index (χ1) is 15.9. The highest BCUT2D eigenvalue weighted by molar-refractivity contribution is 7.22. The lowest BCUT2D eigenvalue weighted by atomic mass is 10.2. The second kappa shape index (κ2) is 9.90. The Morgan fingerprint density at radius 2 is 2.03 bits per heavy atom.